The summed E-state index contributed by atoms with van der Waals surface area (Å²) >= 11 is 1.68. The molecule has 0 aliphatic carbocycles. The number of hydrogen-bond donors (Lipinski definition) is 1. The second-order valence-electron chi connectivity index (χ2n) is 6.15. The molecule has 0 fully saturated rings. The van der Waals surface area contributed by atoms with Crippen LogP contribution < -0.4 is 5.32 Å². The number of benzene rings is 2. The molecule has 2 nitrogen and oxygen atoms in total. The van der Waals surface area contributed by atoms with Gasteiger partial charge in [0.15, 0.2) is 0 Å². The number of thioether (sulfide) groups is 1. The average molecular weight is 311 g/mol. The largest absolute Gasteiger partial charge is 0.325 e. The highest BCUT2D eigenvalue weighted by Crippen LogP contribution is 2.38. The van der Waals surface area contributed by atoms with E-state index in [-0.39, 0.29) is 11.2 Å². The minimum absolute atomic E-state index is 0.0305. The lowest BCUT2D eigenvalue weighted by atomic mass is 10.0. The lowest BCUT2D eigenvalue weighted by Crippen LogP contribution is -2.25. The number of aryl methyl sites for hydroxylation is 1. The van der Waals surface area contributed by atoms with Crippen molar-refractivity contribution in [2.45, 2.75) is 43.3 Å². The van der Waals surface area contributed by atoms with Gasteiger partial charge in [-0.3, -0.25) is 4.79 Å². The summed E-state index contributed by atoms with van der Waals surface area (Å²) in [5.41, 5.74) is 4.66. The highest BCUT2D eigenvalue weighted by Gasteiger charge is 2.28. The fraction of sp³-hybridized carbons (Fsp3) is 0.316. The Balaban J connectivity index is 1.75. The Bertz CT molecular complexity index is 708. The molecule has 22 heavy (non-hydrogen) atoms. The van der Waals surface area contributed by atoms with Gasteiger partial charge in [-0.2, -0.15) is 0 Å². The minimum Gasteiger partial charge on any atom is -0.325 e. The van der Waals surface area contributed by atoms with Crippen molar-refractivity contribution in [2.24, 2.45) is 0 Å². The molecular weight excluding hydrogens is 290 g/mol. The standard InChI is InChI=1S/C19H21NOS/c1-12(2)15-6-4-5-7-16(15)20-19(21)18-11-14-9-8-13(3)10-17(14)22-18/h4-10,12,18H,11H2,1-3H3,(H,20,21)/t18-/m1/s1. The molecule has 0 saturated carbocycles. The summed E-state index contributed by atoms with van der Waals surface area (Å²) in [6, 6.07) is 14.5. The van der Waals surface area contributed by atoms with Gasteiger partial charge in [-0.25, -0.2) is 0 Å². The van der Waals surface area contributed by atoms with Crippen LogP contribution in [0.5, 0.6) is 0 Å². The van der Waals surface area contributed by atoms with Crippen LogP contribution in [0.25, 0.3) is 0 Å². The van der Waals surface area contributed by atoms with Crippen LogP contribution in [-0.2, 0) is 11.2 Å². The number of nitrogens with one attached hydrogen (secondary N) is 1. The number of anilines is 1. The molecule has 1 atom stereocenters. The zero-order chi connectivity index (χ0) is 15.7. The van der Waals surface area contributed by atoms with Crippen LogP contribution in [0.3, 0.4) is 0 Å². The van der Waals surface area contributed by atoms with Crippen LogP contribution in [0.1, 0.15) is 36.5 Å². The molecule has 0 bridgehead atoms. The minimum atomic E-state index is -0.0305. The molecule has 3 rings (SSSR count). The van der Waals surface area contributed by atoms with Gasteiger partial charge < -0.3 is 5.32 Å². The third kappa shape index (κ3) is 3.05. The molecule has 0 spiro atoms. The summed E-state index contributed by atoms with van der Waals surface area (Å²) in [5, 5.41) is 3.09. The molecular formula is C19H21NOS. The van der Waals surface area contributed by atoms with E-state index in [4.69, 9.17) is 0 Å². The average Bonchev–Trinajstić information content (AvgIpc) is 2.90. The summed E-state index contributed by atoms with van der Waals surface area (Å²) in [5.74, 6) is 0.500. The van der Waals surface area contributed by atoms with Crippen LogP contribution in [0, 0.1) is 6.92 Å². The van der Waals surface area contributed by atoms with Crippen molar-refractivity contribution < 1.29 is 4.79 Å². The van der Waals surface area contributed by atoms with E-state index in [1.807, 2.05) is 18.2 Å². The van der Waals surface area contributed by atoms with Crippen molar-refractivity contribution in [3.63, 3.8) is 0 Å². The molecule has 2 aromatic rings. The normalized spacial score (nSPS) is 16.6. The summed E-state index contributed by atoms with van der Waals surface area (Å²) in [4.78, 5) is 13.9. The zero-order valence-electron chi connectivity index (χ0n) is 13.2. The Labute approximate surface area is 136 Å². The first-order valence-electron chi connectivity index (χ1n) is 7.70. The van der Waals surface area contributed by atoms with E-state index in [1.165, 1.54) is 21.6 Å². The van der Waals surface area contributed by atoms with Gasteiger partial charge in [0.2, 0.25) is 5.91 Å². The Kier molecular flexibility index (Phi) is 4.25. The topological polar surface area (TPSA) is 29.1 Å². The van der Waals surface area contributed by atoms with E-state index < -0.39 is 0 Å². The van der Waals surface area contributed by atoms with Crippen molar-refractivity contribution in [1.82, 2.24) is 0 Å². The molecule has 2 aromatic carbocycles. The second-order valence-corrected chi connectivity index (χ2v) is 7.40. The molecule has 1 aliphatic rings. The highest BCUT2D eigenvalue weighted by atomic mass is 32.2. The summed E-state index contributed by atoms with van der Waals surface area (Å²) in [6.07, 6.45) is 0.815. The van der Waals surface area contributed by atoms with Gasteiger partial charge in [0, 0.05) is 10.6 Å². The monoisotopic (exact) mass is 311 g/mol. The number of rotatable bonds is 3. The molecule has 0 aromatic heterocycles. The predicted molar refractivity (Wildman–Crippen MR) is 93.7 cm³/mol. The number of carbonyl (C=O) groups excluding carboxylic acids is 1. The molecule has 114 valence electrons. The predicted octanol–water partition coefficient (Wildman–Crippen LogP) is 4.77. The Morgan fingerprint density at radius 3 is 2.77 bits per heavy atom. The SMILES string of the molecule is Cc1ccc2c(c1)S[C@@H](C(=O)Nc1ccccc1C(C)C)C2. The Morgan fingerprint density at radius 1 is 1.23 bits per heavy atom. The van der Waals surface area contributed by atoms with Gasteiger partial charge in [-0.1, -0.05) is 49.7 Å². The van der Waals surface area contributed by atoms with E-state index in [0.29, 0.717) is 5.92 Å². The lowest BCUT2D eigenvalue weighted by molar-refractivity contribution is -0.115. The van der Waals surface area contributed by atoms with E-state index in [2.05, 4.69) is 50.4 Å². The van der Waals surface area contributed by atoms with E-state index in [0.717, 1.165) is 12.1 Å². The Morgan fingerprint density at radius 2 is 2.00 bits per heavy atom. The van der Waals surface area contributed by atoms with Crippen molar-refractivity contribution in [1.29, 1.82) is 0 Å². The third-order valence-electron chi connectivity index (χ3n) is 4.03. The summed E-state index contributed by atoms with van der Waals surface area (Å²) in [6.45, 7) is 6.38. The number of para-hydroxylation sites is 1. The van der Waals surface area contributed by atoms with E-state index in [9.17, 15) is 4.79 Å². The first-order chi connectivity index (χ1) is 10.5. The molecule has 1 heterocycles. The number of amides is 1. The molecule has 1 amide bonds. The lowest BCUT2D eigenvalue weighted by Gasteiger charge is -2.15. The van der Waals surface area contributed by atoms with Crippen LogP contribution >= 0.6 is 11.8 Å². The first kappa shape index (κ1) is 15.2. The Hall–Kier alpha value is -1.74. The summed E-state index contributed by atoms with van der Waals surface area (Å²) in [7, 11) is 0. The molecule has 0 unspecified atom stereocenters. The van der Waals surface area contributed by atoms with E-state index >= 15 is 0 Å². The highest BCUT2D eigenvalue weighted by molar-refractivity contribution is 8.01. The quantitative estimate of drug-likeness (QED) is 0.884. The maximum absolute atomic E-state index is 12.6. The molecule has 0 radical (unpaired) electrons. The first-order valence-corrected chi connectivity index (χ1v) is 8.58. The van der Waals surface area contributed by atoms with Crippen LogP contribution in [0.2, 0.25) is 0 Å². The van der Waals surface area contributed by atoms with Crippen molar-refractivity contribution in [2.75, 3.05) is 5.32 Å². The van der Waals surface area contributed by atoms with Gasteiger partial charge in [0.1, 0.15) is 0 Å². The van der Waals surface area contributed by atoms with E-state index in [1.54, 1.807) is 11.8 Å². The van der Waals surface area contributed by atoms with Gasteiger partial charge >= 0.3 is 0 Å². The van der Waals surface area contributed by atoms with Gasteiger partial charge in [0.25, 0.3) is 0 Å². The van der Waals surface area contributed by atoms with Crippen LogP contribution in [0.4, 0.5) is 5.69 Å². The maximum Gasteiger partial charge on any atom is 0.238 e. The van der Waals surface area contributed by atoms with Gasteiger partial charge in [-0.05, 0) is 42.5 Å². The summed E-state index contributed by atoms with van der Waals surface area (Å²) < 4.78 is 0. The van der Waals surface area contributed by atoms with Crippen LogP contribution in [-0.4, -0.2) is 11.2 Å². The van der Waals surface area contributed by atoms with Crippen molar-refractivity contribution in [3.8, 4) is 0 Å². The van der Waals surface area contributed by atoms with Gasteiger partial charge in [-0.15, -0.1) is 11.8 Å². The van der Waals surface area contributed by atoms with Crippen molar-refractivity contribution >= 4 is 23.4 Å². The fourth-order valence-electron chi connectivity index (χ4n) is 2.81. The van der Waals surface area contributed by atoms with Crippen molar-refractivity contribution in [3.05, 3.63) is 59.2 Å². The second kappa shape index (κ2) is 6.17. The number of carbonyl (C=O) groups is 1. The van der Waals surface area contributed by atoms with Crippen LogP contribution in [0.15, 0.2) is 47.4 Å². The molecule has 1 aliphatic heterocycles. The maximum atomic E-state index is 12.6. The smallest absolute Gasteiger partial charge is 0.238 e. The third-order valence-corrected chi connectivity index (χ3v) is 5.33. The zero-order valence-corrected chi connectivity index (χ0v) is 14.0. The van der Waals surface area contributed by atoms with Gasteiger partial charge in [0.05, 0.1) is 5.25 Å². The molecule has 1 N–H and O–H groups in total. The number of fused-ring (bicyclic) bond motifs is 1. The molecule has 3 heteroatoms. The fourth-order valence-corrected chi connectivity index (χ4v) is 4.10. The molecule has 0 saturated heterocycles. The number of hydrogen-bond acceptors (Lipinski definition) is 2.